The Balaban J connectivity index is 1.51. The van der Waals surface area contributed by atoms with Gasteiger partial charge < -0.3 is 9.32 Å². The van der Waals surface area contributed by atoms with Gasteiger partial charge in [-0.25, -0.2) is 0 Å². The van der Waals surface area contributed by atoms with Crippen molar-refractivity contribution in [1.29, 1.82) is 0 Å². The molecule has 6 heteroatoms. The van der Waals surface area contributed by atoms with Crippen LogP contribution in [0.2, 0.25) is 0 Å². The Labute approximate surface area is 150 Å². The Morgan fingerprint density at radius 2 is 2.16 bits per heavy atom. The third-order valence-corrected chi connectivity index (χ3v) is 5.33. The Morgan fingerprint density at radius 1 is 1.28 bits per heavy atom. The lowest BCUT2D eigenvalue weighted by Gasteiger charge is -2.31. The lowest BCUT2D eigenvalue weighted by atomic mass is 9.97. The number of aryl methyl sites for hydroxylation is 1. The van der Waals surface area contributed by atoms with Crippen LogP contribution in [0.15, 0.2) is 45.5 Å². The van der Waals surface area contributed by atoms with E-state index in [1.54, 1.807) is 11.3 Å². The highest BCUT2D eigenvalue weighted by molar-refractivity contribution is 7.08. The van der Waals surface area contributed by atoms with E-state index in [9.17, 15) is 4.79 Å². The van der Waals surface area contributed by atoms with Crippen molar-refractivity contribution < 1.29 is 9.21 Å². The molecule has 3 aromatic rings. The average molecular weight is 353 g/mol. The molecule has 0 saturated carbocycles. The number of hydrogen-bond donors (Lipinski definition) is 0. The van der Waals surface area contributed by atoms with E-state index in [0.717, 1.165) is 36.1 Å². The molecule has 3 heterocycles. The van der Waals surface area contributed by atoms with Crippen LogP contribution in [0.25, 0.3) is 11.5 Å². The summed E-state index contributed by atoms with van der Waals surface area (Å²) in [7, 11) is 0. The van der Waals surface area contributed by atoms with E-state index in [2.05, 4.69) is 10.2 Å². The fraction of sp³-hybridized carbons (Fsp3) is 0.316. The molecule has 2 aromatic heterocycles. The van der Waals surface area contributed by atoms with Crippen LogP contribution in [0.4, 0.5) is 0 Å². The van der Waals surface area contributed by atoms with Crippen LogP contribution in [0.5, 0.6) is 0 Å². The fourth-order valence-corrected chi connectivity index (χ4v) is 3.88. The van der Waals surface area contributed by atoms with E-state index in [1.807, 2.05) is 52.9 Å². The van der Waals surface area contributed by atoms with Crippen LogP contribution in [0.1, 0.15) is 40.6 Å². The molecule has 1 aliphatic heterocycles. The van der Waals surface area contributed by atoms with Crippen molar-refractivity contribution in [3.05, 3.63) is 58.1 Å². The maximum atomic E-state index is 12.9. The highest BCUT2D eigenvalue weighted by Gasteiger charge is 2.29. The third kappa shape index (κ3) is 3.22. The SMILES string of the molecule is Cc1ccccc1C(=O)N1CCCC(c2nnc(-c3ccsc3)o2)C1. The van der Waals surface area contributed by atoms with Gasteiger partial charge in [0.15, 0.2) is 0 Å². The average Bonchev–Trinajstić information content (AvgIpc) is 3.33. The Bertz CT molecular complexity index is 872. The standard InChI is InChI=1S/C19H19N3O2S/c1-13-5-2-3-7-16(13)19(23)22-9-4-6-14(11-22)17-20-21-18(24-17)15-8-10-25-12-15/h2-3,5,7-8,10,12,14H,4,6,9,11H2,1H3. The summed E-state index contributed by atoms with van der Waals surface area (Å²) in [6.07, 6.45) is 1.90. The molecule has 1 atom stereocenters. The first-order valence-corrected chi connectivity index (χ1v) is 9.37. The number of hydrogen-bond acceptors (Lipinski definition) is 5. The molecule has 1 aromatic carbocycles. The normalized spacial score (nSPS) is 17.6. The Hall–Kier alpha value is -2.47. The van der Waals surface area contributed by atoms with Gasteiger partial charge in [0.25, 0.3) is 5.91 Å². The summed E-state index contributed by atoms with van der Waals surface area (Å²) in [5.41, 5.74) is 2.73. The van der Waals surface area contributed by atoms with Gasteiger partial charge in [0.05, 0.1) is 5.92 Å². The number of rotatable bonds is 3. The minimum atomic E-state index is 0.0837. The van der Waals surface area contributed by atoms with Gasteiger partial charge in [0.1, 0.15) is 0 Å². The lowest BCUT2D eigenvalue weighted by Crippen LogP contribution is -2.39. The second-order valence-corrected chi connectivity index (χ2v) is 7.14. The Kier molecular flexibility index (Phi) is 4.36. The molecule has 0 aliphatic carbocycles. The predicted molar refractivity (Wildman–Crippen MR) is 96.7 cm³/mol. The van der Waals surface area contributed by atoms with Crippen molar-refractivity contribution >= 4 is 17.2 Å². The number of likely N-dealkylation sites (tertiary alicyclic amines) is 1. The summed E-state index contributed by atoms with van der Waals surface area (Å²) < 4.78 is 5.87. The molecule has 1 amide bonds. The first-order chi connectivity index (χ1) is 12.2. The summed E-state index contributed by atoms with van der Waals surface area (Å²) in [6.45, 7) is 3.37. The molecule has 1 saturated heterocycles. The summed E-state index contributed by atoms with van der Waals surface area (Å²) in [5.74, 6) is 1.36. The number of nitrogens with zero attached hydrogens (tertiary/aromatic N) is 3. The first-order valence-electron chi connectivity index (χ1n) is 8.43. The van der Waals surface area contributed by atoms with Gasteiger partial charge in [-0.05, 0) is 42.8 Å². The zero-order chi connectivity index (χ0) is 17.2. The number of carbonyl (C=O) groups excluding carboxylic acids is 1. The zero-order valence-electron chi connectivity index (χ0n) is 14.0. The van der Waals surface area contributed by atoms with Crippen LogP contribution in [0.3, 0.4) is 0 Å². The number of amides is 1. The van der Waals surface area contributed by atoms with E-state index in [-0.39, 0.29) is 11.8 Å². The molecular formula is C19H19N3O2S. The van der Waals surface area contributed by atoms with Crippen LogP contribution in [-0.2, 0) is 0 Å². The number of aromatic nitrogens is 2. The van der Waals surface area contributed by atoms with Crippen molar-refractivity contribution in [2.45, 2.75) is 25.7 Å². The maximum Gasteiger partial charge on any atom is 0.254 e. The molecule has 5 nitrogen and oxygen atoms in total. The molecular weight excluding hydrogens is 334 g/mol. The predicted octanol–water partition coefficient (Wildman–Crippen LogP) is 4.13. The number of carbonyl (C=O) groups is 1. The van der Waals surface area contributed by atoms with E-state index in [1.165, 1.54) is 0 Å². The summed E-state index contributed by atoms with van der Waals surface area (Å²) in [4.78, 5) is 14.8. The molecule has 4 rings (SSSR count). The summed E-state index contributed by atoms with van der Waals surface area (Å²) >= 11 is 1.60. The van der Waals surface area contributed by atoms with Crippen LogP contribution < -0.4 is 0 Å². The van der Waals surface area contributed by atoms with Crippen molar-refractivity contribution in [3.63, 3.8) is 0 Å². The number of benzene rings is 1. The highest BCUT2D eigenvalue weighted by atomic mass is 32.1. The van der Waals surface area contributed by atoms with Crippen molar-refractivity contribution in [1.82, 2.24) is 15.1 Å². The van der Waals surface area contributed by atoms with Crippen LogP contribution in [-0.4, -0.2) is 34.1 Å². The van der Waals surface area contributed by atoms with Gasteiger partial charge >= 0.3 is 0 Å². The van der Waals surface area contributed by atoms with Crippen molar-refractivity contribution in [2.24, 2.45) is 0 Å². The van der Waals surface area contributed by atoms with Gasteiger partial charge in [-0.3, -0.25) is 4.79 Å². The van der Waals surface area contributed by atoms with Gasteiger partial charge in [-0.2, -0.15) is 11.3 Å². The Morgan fingerprint density at radius 3 is 2.96 bits per heavy atom. The van der Waals surface area contributed by atoms with E-state index >= 15 is 0 Å². The van der Waals surface area contributed by atoms with Crippen molar-refractivity contribution in [3.8, 4) is 11.5 Å². The first kappa shape index (κ1) is 16.0. The van der Waals surface area contributed by atoms with E-state index in [0.29, 0.717) is 18.3 Å². The number of thiophene rings is 1. The summed E-state index contributed by atoms with van der Waals surface area (Å²) in [5, 5.41) is 12.4. The molecule has 0 N–H and O–H groups in total. The van der Waals surface area contributed by atoms with Gasteiger partial charge in [-0.15, -0.1) is 10.2 Å². The monoisotopic (exact) mass is 353 g/mol. The second-order valence-electron chi connectivity index (χ2n) is 6.36. The molecule has 0 radical (unpaired) electrons. The second kappa shape index (κ2) is 6.80. The smallest absolute Gasteiger partial charge is 0.254 e. The summed E-state index contributed by atoms with van der Waals surface area (Å²) in [6, 6.07) is 9.70. The highest BCUT2D eigenvalue weighted by Crippen LogP contribution is 2.30. The fourth-order valence-electron chi connectivity index (χ4n) is 3.25. The molecule has 0 spiro atoms. The largest absolute Gasteiger partial charge is 0.420 e. The molecule has 25 heavy (non-hydrogen) atoms. The maximum absolute atomic E-state index is 12.9. The van der Waals surface area contributed by atoms with Gasteiger partial charge in [0.2, 0.25) is 11.8 Å². The molecule has 128 valence electrons. The molecule has 1 aliphatic rings. The topological polar surface area (TPSA) is 59.2 Å². The van der Waals surface area contributed by atoms with Gasteiger partial charge in [0, 0.05) is 29.6 Å². The lowest BCUT2D eigenvalue weighted by molar-refractivity contribution is 0.0697. The van der Waals surface area contributed by atoms with Crippen LogP contribution in [0, 0.1) is 6.92 Å². The minimum Gasteiger partial charge on any atom is -0.420 e. The molecule has 1 fully saturated rings. The molecule has 0 bridgehead atoms. The van der Waals surface area contributed by atoms with Crippen LogP contribution >= 0.6 is 11.3 Å². The van der Waals surface area contributed by atoms with Crippen molar-refractivity contribution in [2.75, 3.05) is 13.1 Å². The molecule has 1 unspecified atom stereocenters. The number of piperidine rings is 1. The third-order valence-electron chi connectivity index (χ3n) is 4.64. The quantitative estimate of drug-likeness (QED) is 0.710. The van der Waals surface area contributed by atoms with E-state index < -0.39 is 0 Å². The zero-order valence-corrected chi connectivity index (χ0v) is 14.8. The minimum absolute atomic E-state index is 0.0837. The van der Waals surface area contributed by atoms with Gasteiger partial charge in [-0.1, -0.05) is 18.2 Å². The van der Waals surface area contributed by atoms with E-state index in [4.69, 9.17) is 4.42 Å².